The van der Waals surface area contributed by atoms with Crippen LogP contribution < -0.4 is 5.32 Å². The highest BCUT2D eigenvalue weighted by atomic mass is 16.4. The molecule has 0 radical (unpaired) electrons. The van der Waals surface area contributed by atoms with Gasteiger partial charge in [-0.3, -0.25) is 0 Å². The second-order valence-electron chi connectivity index (χ2n) is 3.73. The van der Waals surface area contributed by atoms with Crippen LogP contribution in [0.1, 0.15) is 23.6 Å². The van der Waals surface area contributed by atoms with Crippen LogP contribution in [0.3, 0.4) is 0 Å². The Kier molecular flexibility index (Phi) is 4.11. The van der Waals surface area contributed by atoms with Gasteiger partial charge in [-0.25, -0.2) is 4.79 Å². The van der Waals surface area contributed by atoms with E-state index in [9.17, 15) is 4.79 Å². The van der Waals surface area contributed by atoms with Crippen LogP contribution >= 0.6 is 0 Å². The summed E-state index contributed by atoms with van der Waals surface area (Å²) in [6, 6.07) is 3.95. The number of carbonyl (C=O) groups is 1. The summed E-state index contributed by atoms with van der Waals surface area (Å²) in [5.41, 5.74) is 4.31. The first-order valence-corrected chi connectivity index (χ1v) is 5.30. The Morgan fingerprint density at radius 1 is 1.38 bits per heavy atom. The van der Waals surface area contributed by atoms with Crippen molar-refractivity contribution in [1.82, 2.24) is 0 Å². The average Bonchev–Trinajstić information content (AvgIpc) is 2.20. The molecule has 2 N–H and O–H groups in total. The summed E-state index contributed by atoms with van der Waals surface area (Å²) in [7, 11) is 0. The highest BCUT2D eigenvalue weighted by Gasteiger charge is 2.02. The molecule has 0 spiro atoms. The van der Waals surface area contributed by atoms with Crippen molar-refractivity contribution in [3.8, 4) is 0 Å². The Balaban J connectivity index is 3.04. The summed E-state index contributed by atoms with van der Waals surface area (Å²) in [6.07, 6.45) is 2.76. The first kappa shape index (κ1) is 12.3. The predicted octanol–water partition coefficient (Wildman–Crippen LogP) is 2.83. The third kappa shape index (κ3) is 3.12. The minimum absolute atomic E-state index is 0.881. The smallest absolute Gasteiger partial charge is 0.328 e. The summed E-state index contributed by atoms with van der Waals surface area (Å²) < 4.78 is 0. The van der Waals surface area contributed by atoms with Crippen LogP contribution in [0.2, 0.25) is 0 Å². The van der Waals surface area contributed by atoms with E-state index >= 15 is 0 Å². The van der Waals surface area contributed by atoms with Crippen molar-refractivity contribution in [2.24, 2.45) is 0 Å². The van der Waals surface area contributed by atoms with Gasteiger partial charge in [0.25, 0.3) is 0 Å². The molecule has 0 saturated heterocycles. The van der Waals surface area contributed by atoms with Gasteiger partial charge in [-0.15, -0.1) is 0 Å². The highest BCUT2D eigenvalue weighted by Crippen LogP contribution is 2.22. The first-order chi connectivity index (χ1) is 7.54. The van der Waals surface area contributed by atoms with E-state index in [0.717, 1.165) is 35.0 Å². The van der Waals surface area contributed by atoms with Crippen molar-refractivity contribution in [2.45, 2.75) is 20.8 Å². The Labute approximate surface area is 95.8 Å². The lowest BCUT2D eigenvalue weighted by molar-refractivity contribution is -0.131. The second-order valence-corrected chi connectivity index (χ2v) is 3.73. The van der Waals surface area contributed by atoms with E-state index in [1.54, 1.807) is 6.08 Å². The monoisotopic (exact) mass is 219 g/mol. The van der Waals surface area contributed by atoms with Gasteiger partial charge in [-0.05, 0) is 55.7 Å². The lowest BCUT2D eigenvalue weighted by Gasteiger charge is -2.12. The Hall–Kier alpha value is -1.77. The van der Waals surface area contributed by atoms with Crippen LogP contribution in [0, 0.1) is 13.8 Å². The van der Waals surface area contributed by atoms with E-state index in [4.69, 9.17) is 5.11 Å². The molecule has 0 aliphatic heterocycles. The molecule has 0 heterocycles. The number of nitrogens with one attached hydrogen (secondary N) is 1. The number of carboxylic acid groups (broad SMARTS) is 1. The van der Waals surface area contributed by atoms with Crippen LogP contribution in [0.4, 0.5) is 5.69 Å². The summed E-state index contributed by atoms with van der Waals surface area (Å²) >= 11 is 0. The lowest BCUT2D eigenvalue weighted by Crippen LogP contribution is -2.01. The minimum Gasteiger partial charge on any atom is -0.478 e. The fourth-order valence-electron chi connectivity index (χ4n) is 1.72. The van der Waals surface area contributed by atoms with E-state index in [2.05, 4.69) is 12.2 Å². The third-order valence-electron chi connectivity index (χ3n) is 2.33. The van der Waals surface area contributed by atoms with Crippen molar-refractivity contribution in [3.05, 3.63) is 34.9 Å². The molecule has 0 aliphatic carbocycles. The van der Waals surface area contributed by atoms with Crippen LogP contribution in [-0.2, 0) is 4.79 Å². The maximum absolute atomic E-state index is 10.4. The van der Waals surface area contributed by atoms with Gasteiger partial charge in [0.1, 0.15) is 0 Å². The van der Waals surface area contributed by atoms with Crippen molar-refractivity contribution < 1.29 is 9.90 Å². The second kappa shape index (κ2) is 5.35. The minimum atomic E-state index is -0.925. The summed E-state index contributed by atoms with van der Waals surface area (Å²) in [5, 5.41) is 11.8. The van der Waals surface area contributed by atoms with E-state index in [1.807, 2.05) is 26.0 Å². The number of rotatable bonds is 4. The maximum Gasteiger partial charge on any atom is 0.328 e. The zero-order valence-corrected chi connectivity index (χ0v) is 9.87. The molecular formula is C13H17NO2. The van der Waals surface area contributed by atoms with Crippen LogP contribution in [0.15, 0.2) is 18.2 Å². The van der Waals surface area contributed by atoms with Crippen molar-refractivity contribution in [1.29, 1.82) is 0 Å². The van der Waals surface area contributed by atoms with E-state index < -0.39 is 5.97 Å². The van der Waals surface area contributed by atoms with Gasteiger partial charge < -0.3 is 10.4 Å². The molecule has 1 aromatic rings. The molecule has 0 fully saturated rings. The SMILES string of the molecule is CCNc1c(C)cc(C=CC(=O)O)cc1C. The standard InChI is InChI=1S/C13H17NO2/c1-4-14-13-9(2)7-11(8-10(13)3)5-6-12(15)16/h5-8,14H,4H2,1-3H3,(H,15,16). The zero-order chi connectivity index (χ0) is 12.1. The van der Waals surface area contributed by atoms with Crippen molar-refractivity contribution in [2.75, 3.05) is 11.9 Å². The molecular weight excluding hydrogens is 202 g/mol. The van der Waals surface area contributed by atoms with Gasteiger partial charge in [0, 0.05) is 18.3 Å². The number of aryl methyl sites for hydroxylation is 2. The lowest BCUT2D eigenvalue weighted by atomic mass is 10.0. The maximum atomic E-state index is 10.4. The number of aliphatic carboxylic acids is 1. The van der Waals surface area contributed by atoms with Gasteiger partial charge in [-0.2, -0.15) is 0 Å². The Bertz CT molecular complexity index is 399. The van der Waals surface area contributed by atoms with E-state index in [0.29, 0.717) is 0 Å². The van der Waals surface area contributed by atoms with Crippen molar-refractivity contribution >= 4 is 17.7 Å². The fraction of sp³-hybridized carbons (Fsp3) is 0.308. The molecule has 0 saturated carbocycles. The largest absolute Gasteiger partial charge is 0.478 e. The van der Waals surface area contributed by atoms with Crippen LogP contribution in [0.5, 0.6) is 0 Å². The Morgan fingerprint density at radius 3 is 2.38 bits per heavy atom. The molecule has 16 heavy (non-hydrogen) atoms. The molecule has 1 rings (SSSR count). The third-order valence-corrected chi connectivity index (χ3v) is 2.33. The fourth-order valence-corrected chi connectivity index (χ4v) is 1.72. The van der Waals surface area contributed by atoms with Gasteiger partial charge >= 0.3 is 5.97 Å². The van der Waals surface area contributed by atoms with Crippen LogP contribution in [-0.4, -0.2) is 17.6 Å². The van der Waals surface area contributed by atoms with Gasteiger partial charge in [0.05, 0.1) is 0 Å². The molecule has 0 atom stereocenters. The summed E-state index contributed by atoms with van der Waals surface area (Å²) in [4.78, 5) is 10.4. The van der Waals surface area contributed by atoms with Gasteiger partial charge in [-0.1, -0.05) is 0 Å². The van der Waals surface area contributed by atoms with E-state index in [-0.39, 0.29) is 0 Å². The number of carboxylic acids is 1. The summed E-state index contributed by atoms with van der Waals surface area (Å²) in [6.45, 7) is 6.97. The predicted molar refractivity (Wildman–Crippen MR) is 66.7 cm³/mol. The average molecular weight is 219 g/mol. The molecule has 86 valence electrons. The molecule has 0 bridgehead atoms. The molecule has 0 unspecified atom stereocenters. The number of benzene rings is 1. The summed E-state index contributed by atoms with van der Waals surface area (Å²) in [5.74, 6) is -0.925. The van der Waals surface area contributed by atoms with Crippen molar-refractivity contribution in [3.63, 3.8) is 0 Å². The van der Waals surface area contributed by atoms with Crippen LogP contribution in [0.25, 0.3) is 6.08 Å². The van der Waals surface area contributed by atoms with Gasteiger partial charge in [0.2, 0.25) is 0 Å². The molecule has 0 aromatic heterocycles. The topological polar surface area (TPSA) is 49.3 Å². The van der Waals surface area contributed by atoms with Gasteiger partial charge in [0.15, 0.2) is 0 Å². The normalized spacial score (nSPS) is 10.7. The molecule has 0 aliphatic rings. The molecule has 3 nitrogen and oxygen atoms in total. The highest BCUT2D eigenvalue weighted by molar-refractivity contribution is 5.85. The number of anilines is 1. The Morgan fingerprint density at radius 2 is 1.94 bits per heavy atom. The quantitative estimate of drug-likeness (QED) is 0.765. The van der Waals surface area contributed by atoms with E-state index in [1.165, 1.54) is 0 Å². The molecule has 0 amide bonds. The number of hydrogen-bond acceptors (Lipinski definition) is 2. The zero-order valence-electron chi connectivity index (χ0n) is 9.87. The first-order valence-electron chi connectivity index (χ1n) is 5.30. The number of hydrogen-bond donors (Lipinski definition) is 2. The molecule has 3 heteroatoms. The molecule has 1 aromatic carbocycles.